The van der Waals surface area contributed by atoms with E-state index < -0.39 is 12.0 Å². The summed E-state index contributed by atoms with van der Waals surface area (Å²) in [4.78, 5) is 25.0. The van der Waals surface area contributed by atoms with Gasteiger partial charge < -0.3 is 10.4 Å². The highest BCUT2D eigenvalue weighted by Gasteiger charge is 2.35. The molecule has 5 heteroatoms. The molecule has 5 nitrogen and oxygen atoms in total. The third-order valence-electron chi connectivity index (χ3n) is 4.58. The van der Waals surface area contributed by atoms with Gasteiger partial charge in [0, 0.05) is 12.6 Å². The fourth-order valence-electron chi connectivity index (χ4n) is 2.77. The Balaban J connectivity index is 1.77. The summed E-state index contributed by atoms with van der Waals surface area (Å²) in [7, 11) is 0. The second kappa shape index (κ2) is 8.29. The summed E-state index contributed by atoms with van der Waals surface area (Å²) in [5, 5.41) is 12.1. The van der Waals surface area contributed by atoms with Crippen LogP contribution in [0.2, 0.25) is 0 Å². The summed E-state index contributed by atoms with van der Waals surface area (Å²) in [5.74, 6) is -0.461. The van der Waals surface area contributed by atoms with Crippen LogP contribution in [-0.2, 0) is 16.0 Å². The summed E-state index contributed by atoms with van der Waals surface area (Å²) in [6.07, 6.45) is 2.74. The highest BCUT2D eigenvalue weighted by atomic mass is 16.4. The van der Waals surface area contributed by atoms with Gasteiger partial charge in [-0.3, -0.25) is 14.5 Å². The molecule has 1 amide bonds. The van der Waals surface area contributed by atoms with Crippen molar-refractivity contribution in [3.05, 3.63) is 35.4 Å². The molecule has 24 heavy (non-hydrogen) atoms. The topological polar surface area (TPSA) is 69.6 Å². The van der Waals surface area contributed by atoms with Crippen LogP contribution in [0.4, 0.5) is 0 Å². The zero-order chi connectivity index (χ0) is 17.7. The van der Waals surface area contributed by atoms with E-state index in [-0.39, 0.29) is 18.5 Å². The number of aliphatic carboxylic acids is 1. The van der Waals surface area contributed by atoms with Gasteiger partial charge in [-0.05, 0) is 43.2 Å². The van der Waals surface area contributed by atoms with Crippen LogP contribution in [0.25, 0.3) is 0 Å². The first-order valence-electron chi connectivity index (χ1n) is 8.72. The largest absolute Gasteiger partial charge is 0.480 e. The van der Waals surface area contributed by atoms with Crippen molar-refractivity contribution in [1.82, 2.24) is 10.2 Å². The fraction of sp³-hybridized carbons (Fsp3) is 0.579. The summed E-state index contributed by atoms with van der Waals surface area (Å²) in [6, 6.07) is 8.09. The molecule has 1 fully saturated rings. The van der Waals surface area contributed by atoms with Crippen molar-refractivity contribution >= 4 is 11.9 Å². The van der Waals surface area contributed by atoms with Gasteiger partial charge in [0.2, 0.25) is 5.91 Å². The third kappa shape index (κ3) is 5.34. The number of carboxylic acids is 1. The summed E-state index contributed by atoms with van der Waals surface area (Å²) in [6.45, 7) is 6.70. The Morgan fingerprint density at radius 2 is 1.83 bits per heavy atom. The maximum Gasteiger partial charge on any atom is 0.320 e. The van der Waals surface area contributed by atoms with Crippen molar-refractivity contribution in [2.45, 2.75) is 58.0 Å². The normalized spacial score (nSPS) is 15.5. The number of hydrogen-bond donors (Lipinski definition) is 2. The number of rotatable bonds is 9. The number of amides is 1. The molecule has 0 aromatic heterocycles. The zero-order valence-electron chi connectivity index (χ0n) is 14.8. The van der Waals surface area contributed by atoms with Gasteiger partial charge in [0.05, 0.1) is 6.54 Å². The molecule has 2 N–H and O–H groups in total. The van der Waals surface area contributed by atoms with E-state index in [9.17, 15) is 9.59 Å². The first-order chi connectivity index (χ1) is 11.4. The highest BCUT2D eigenvalue weighted by molar-refractivity contribution is 5.80. The monoisotopic (exact) mass is 332 g/mol. The smallest absolute Gasteiger partial charge is 0.320 e. The van der Waals surface area contributed by atoms with Crippen LogP contribution in [0.5, 0.6) is 0 Å². The molecule has 1 atom stereocenters. The average molecular weight is 332 g/mol. The van der Waals surface area contributed by atoms with E-state index in [0.717, 1.165) is 19.3 Å². The predicted molar refractivity (Wildman–Crippen MR) is 94.1 cm³/mol. The second-order valence-electron chi connectivity index (χ2n) is 6.91. The molecule has 1 saturated carbocycles. The van der Waals surface area contributed by atoms with Crippen molar-refractivity contribution in [2.75, 3.05) is 13.1 Å². The summed E-state index contributed by atoms with van der Waals surface area (Å²) >= 11 is 0. The van der Waals surface area contributed by atoms with Crippen LogP contribution < -0.4 is 5.32 Å². The molecule has 0 spiro atoms. The quantitative estimate of drug-likeness (QED) is 0.728. The van der Waals surface area contributed by atoms with Crippen molar-refractivity contribution < 1.29 is 14.7 Å². The highest BCUT2D eigenvalue weighted by Crippen LogP contribution is 2.28. The van der Waals surface area contributed by atoms with Crippen LogP contribution in [-0.4, -0.2) is 47.1 Å². The average Bonchev–Trinajstić information content (AvgIpc) is 3.37. The van der Waals surface area contributed by atoms with Crippen LogP contribution in [0, 0.1) is 0 Å². The van der Waals surface area contributed by atoms with E-state index in [1.807, 2.05) is 0 Å². The molecule has 2 rings (SSSR count). The number of carbonyl (C=O) groups excluding carboxylic acids is 1. The van der Waals surface area contributed by atoms with Gasteiger partial charge in [0.1, 0.15) is 6.04 Å². The Bertz CT molecular complexity index is 564. The molecule has 0 aliphatic heterocycles. The third-order valence-corrected chi connectivity index (χ3v) is 4.58. The van der Waals surface area contributed by atoms with Gasteiger partial charge in [0.15, 0.2) is 0 Å². The minimum atomic E-state index is -0.875. The molecule has 1 unspecified atom stereocenters. The minimum Gasteiger partial charge on any atom is -0.480 e. The standard InChI is InChI=1S/C19H28N2O3/c1-13(2)16-6-4-15(5-7-16)10-11-20-18(22)12-21(17-8-9-17)14(3)19(23)24/h4-7,13-14,17H,8-12H2,1-3H3,(H,20,22)(H,23,24). The number of nitrogens with zero attached hydrogens (tertiary/aromatic N) is 1. The van der Waals surface area contributed by atoms with Gasteiger partial charge in [0.25, 0.3) is 0 Å². The number of hydrogen-bond acceptors (Lipinski definition) is 3. The van der Waals surface area contributed by atoms with E-state index in [1.165, 1.54) is 11.1 Å². The van der Waals surface area contributed by atoms with Gasteiger partial charge in [-0.1, -0.05) is 38.1 Å². The minimum absolute atomic E-state index is 0.103. The predicted octanol–water partition coefficient (Wildman–Crippen LogP) is 2.41. The Morgan fingerprint density at radius 1 is 1.21 bits per heavy atom. The van der Waals surface area contributed by atoms with E-state index in [4.69, 9.17) is 5.11 Å². The fourth-order valence-corrected chi connectivity index (χ4v) is 2.77. The van der Waals surface area contributed by atoms with Crippen LogP contribution in [0.1, 0.15) is 50.7 Å². The van der Waals surface area contributed by atoms with Gasteiger partial charge >= 0.3 is 5.97 Å². The molecule has 132 valence electrons. The number of nitrogens with one attached hydrogen (secondary N) is 1. The molecule has 0 bridgehead atoms. The lowest BCUT2D eigenvalue weighted by atomic mass is 10.0. The first kappa shape index (κ1) is 18.5. The molecule has 1 aliphatic rings. The van der Waals surface area contributed by atoms with Crippen LogP contribution in [0.15, 0.2) is 24.3 Å². The lowest BCUT2D eigenvalue weighted by Crippen LogP contribution is -2.46. The van der Waals surface area contributed by atoms with Gasteiger partial charge in [-0.25, -0.2) is 0 Å². The van der Waals surface area contributed by atoms with Crippen molar-refractivity contribution in [2.24, 2.45) is 0 Å². The van der Waals surface area contributed by atoms with E-state index in [0.29, 0.717) is 12.5 Å². The Hall–Kier alpha value is -1.88. The molecular weight excluding hydrogens is 304 g/mol. The molecule has 0 saturated heterocycles. The van der Waals surface area contributed by atoms with Crippen molar-refractivity contribution in [3.8, 4) is 0 Å². The molecule has 1 aromatic rings. The number of carboxylic acid groups (broad SMARTS) is 1. The Morgan fingerprint density at radius 3 is 2.33 bits per heavy atom. The Labute approximate surface area is 144 Å². The van der Waals surface area contributed by atoms with E-state index in [2.05, 4.69) is 43.4 Å². The van der Waals surface area contributed by atoms with Crippen molar-refractivity contribution in [3.63, 3.8) is 0 Å². The summed E-state index contributed by atoms with van der Waals surface area (Å²) < 4.78 is 0. The second-order valence-corrected chi connectivity index (χ2v) is 6.91. The SMILES string of the molecule is CC(C)c1ccc(CCNC(=O)CN(C2CC2)C(C)C(=O)O)cc1. The van der Waals surface area contributed by atoms with Crippen LogP contribution in [0.3, 0.4) is 0 Å². The lowest BCUT2D eigenvalue weighted by molar-refractivity contribution is -0.143. The van der Waals surface area contributed by atoms with E-state index in [1.54, 1.807) is 11.8 Å². The lowest BCUT2D eigenvalue weighted by Gasteiger charge is -2.25. The Kier molecular flexibility index (Phi) is 6.37. The maximum atomic E-state index is 12.1. The zero-order valence-corrected chi connectivity index (χ0v) is 14.8. The molecule has 1 aliphatic carbocycles. The van der Waals surface area contributed by atoms with Crippen LogP contribution >= 0.6 is 0 Å². The molecule has 0 radical (unpaired) electrons. The number of benzene rings is 1. The van der Waals surface area contributed by atoms with Gasteiger partial charge in [-0.2, -0.15) is 0 Å². The molecule has 1 aromatic carbocycles. The van der Waals surface area contributed by atoms with Gasteiger partial charge in [-0.15, -0.1) is 0 Å². The molecular formula is C19H28N2O3. The molecule has 0 heterocycles. The summed E-state index contributed by atoms with van der Waals surface area (Å²) in [5.41, 5.74) is 2.50. The van der Waals surface area contributed by atoms with Crippen molar-refractivity contribution in [1.29, 1.82) is 0 Å². The first-order valence-corrected chi connectivity index (χ1v) is 8.72. The maximum absolute atomic E-state index is 12.1. The van der Waals surface area contributed by atoms with E-state index >= 15 is 0 Å². The number of carbonyl (C=O) groups is 2.